The zero-order valence-electron chi connectivity index (χ0n) is 18.7. The van der Waals surface area contributed by atoms with Crippen LogP contribution in [-0.4, -0.2) is 32.3 Å². The smallest absolute Gasteiger partial charge is 1.00 e. The van der Waals surface area contributed by atoms with Crippen LogP contribution < -0.4 is 33.6 Å². The van der Waals surface area contributed by atoms with E-state index in [4.69, 9.17) is 18.9 Å². The van der Waals surface area contributed by atoms with Crippen molar-refractivity contribution in [2.75, 3.05) is 14.2 Å². The van der Waals surface area contributed by atoms with Crippen molar-refractivity contribution in [3.63, 3.8) is 0 Å². The molecule has 0 spiro atoms. The summed E-state index contributed by atoms with van der Waals surface area (Å²) in [6, 6.07) is 11.3. The second-order valence-corrected chi connectivity index (χ2v) is 7.46. The molecule has 0 fully saturated rings. The van der Waals surface area contributed by atoms with Gasteiger partial charge in [0.05, 0.1) is 0 Å². The van der Waals surface area contributed by atoms with Crippen molar-refractivity contribution in [2.24, 2.45) is 0 Å². The molecule has 2 rings (SSSR count). The third-order valence-corrected chi connectivity index (χ3v) is 5.33. The summed E-state index contributed by atoms with van der Waals surface area (Å²) in [5.74, 6) is 1.18. The fourth-order valence-electron chi connectivity index (χ4n) is 2.60. The molecule has 3 atom stereocenters. The van der Waals surface area contributed by atoms with Crippen LogP contribution in [0.2, 0.25) is 0 Å². The molecule has 0 aliphatic rings. The molecule has 0 amide bonds. The fraction of sp³-hybridized carbons (Fsp3) is 0.381. The van der Waals surface area contributed by atoms with Crippen LogP contribution in [0, 0.1) is 13.8 Å². The topological polar surface area (TPSA) is 54.0 Å². The Bertz CT molecular complexity index is 782. The number of rotatable bonds is 9. The predicted molar refractivity (Wildman–Crippen MR) is 110 cm³/mol. The summed E-state index contributed by atoms with van der Waals surface area (Å²) < 4.78 is 21.9. The van der Waals surface area contributed by atoms with Gasteiger partial charge in [0, 0.05) is 31.2 Å². The molecule has 2 aromatic carbocycles. The molecule has 148 valence electrons. The molecular formula is C21H28LiO5P. The van der Waals surface area contributed by atoms with Crippen molar-refractivity contribution in [2.45, 2.75) is 40.3 Å². The molecular weight excluding hydrogens is 370 g/mol. The summed E-state index contributed by atoms with van der Waals surface area (Å²) in [5, 5.41) is 0.809. The van der Waals surface area contributed by atoms with Gasteiger partial charge in [0.25, 0.3) is 0 Å². The first kappa shape index (κ1) is 24.7. The first-order valence-electron chi connectivity index (χ1n) is 8.76. The van der Waals surface area contributed by atoms with Gasteiger partial charge in [0.1, 0.15) is 11.5 Å². The molecule has 0 aromatic heterocycles. The normalized spacial score (nSPS) is 13.1. The molecule has 0 N–H and O–H groups in total. The Hall–Kier alpha value is -1.34. The Morgan fingerprint density at radius 1 is 0.964 bits per heavy atom. The molecule has 0 bridgehead atoms. The molecule has 7 heteroatoms. The number of carbonyl (C=O) groups excluding carboxylic acids is 1. The minimum atomic E-state index is -0.445. The zero-order chi connectivity index (χ0) is 20.0. The van der Waals surface area contributed by atoms with Gasteiger partial charge in [-0.05, 0) is 59.5 Å². The Kier molecular flexibility index (Phi) is 10.2. The van der Waals surface area contributed by atoms with Gasteiger partial charge >= 0.3 is 18.9 Å². The van der Waals surface area contributed by atoms with Crippen molar-refractivity contribution >= 4 is 19.4 Å². The Balaban J connectivity index is 0.00000392. The Morgan fingerprint density at radius 2 is 1.54 bits per heavy atom. The fourth-order valence-corrected chi connectivity index (χ4v) is 3.79. The average Bonchev–Trinajstić information content (AvgIpc) is 2.63. The number of hydrogen-bond acceptors (Lipinski definition) is 5. The number of methoxy groups -OCH3 is 2. The zero-order valence-corrected chi connectivity index (χ0v) is 18.7. The Morgan fingerprint density at radius 3 is 2.11 bits per heavy atom. The SMILES string of the molecule is COC(C)Oc1ccc(PC(=O)c2c(C)cccc2C)c(OC(C)OC)c1.[H-].[Li+]. The van der Waals surface area contributed by atoms with E-state index in [1.54, 1.807) is 34.1 Å². The van der Waals surface area contributed by atoms with Gasteiger partial charge in [-0.25, -0.2) is 0 Å². The first-order valence-corrected chi connectivity index (χ1v) is 9.76. The quantitative estimate of drug-likeness (QED) is 0.362. The van der Waals surface area contributed by atoms with Crippen LogP contribution >= 0.6 is 8.58 Å². The standard InChI is InChI=1S/C21H27O5P.Li.H/c1-13-8-7-9-14(2)20(13)21(22)27-19-11-10-17(25-15(3)23-5)12-18(19)26-16(4)24-6;;/h7-12,15-16,27H,1-6H3;;/q;+1;-1. The van der Waals surface area contributed by atoms with E-state index in [0.29, 0.717) is 11.5 Å². The third kappa shape index (κ3) is 6.62. The third-order valence-electron chi connectivity index (χ3n) is 4.17. The van der Waals surface area contributed by atoms with E-state index in [0.717, 1.165) is 22.0 Å². The van der Waals surface area contributed by atoms with E-state index in [1.165, 1.54) is 0 Å². The van der Waals surface area contributed by atoms with E-state index in [1.807, 2.05) is 44.2 Å². The molecule has 3 unspecified atom stereocenters. The van der Waals surface area contributed by atoms with Crippen LogP contribution in [0.25, 0.3) is 0 Å². The van der Waals surface area contributed by atoms with Gasteiger partial charge in [-0.3, -0.25) is 4.79 Å². The van der Waals surface area contributed by atoms with Gasteiger partial charge in [0.2, 0.25) is 0 Å². The Labute approximate surface area is 182 Å². The minimum Gasteiger partial charge on any atom is -1.00 e. The van der Waals surface area contributed by atoms with Crippen LogP contribution in [-0.2, 0) is 9.47 Å². The van der Waals surface area contributed by atoms with Crippen molar-refractivity contribution in [3.8, 4) is 11.5 Å². The van der Waals surface area contributed by atoms with Crippen LogP contribution in [0.3, 0.4) is 0 Å². The van der Waals surface area contributed by atoms with Gasteiger partial charge in [-0.1, -0.05) is 18.2 Å². The molecule has 0 aliphatic heterocycles. The number of aryl methyl sites for hydroxylation is 2. The second kappa shape index (κ2) is 11.6. The van der Waals surface area contributed by atoms with E-state index < -0.39 is 6.29 Å². The van der Waals surface area contributed by atoms with Crippen molar-refractivity contribution < 1.29 is 44.0 Å². The summed E-state index contributed by atoms with van der Waals surface area (Å²) in [5.41, 5.74) is 2.82. The maximum Gasteiger partial charge on any atom is 1.00 e. The van der Waals surface area contributed by atoms with Gasteiger partial charge < -0.3 is 20.4 Å². The number of hydrogen-bond donors (Lipinski definition) is 0. The molecule has 0 radical (unpaired) electrons. The van der Waals surface area contributed by atoms with E-state index >= 15 is 0 Å². The molecule has 28 heavy (non-hydrogen) atoms. The summed E-state index contributed by atoms with van der Waals surface area (Å²) in [7, 11) is 3.08. The summed E-state index contributed by atoms with van der Waals surface area (Å²) in [6.45, 7) is 7.51. The van der Waals surface area contributed by atoms with Crippen molar-refractivity contribution in [3.05, 3.63) is 53.1 Å². The van der Waals surface area contributed by atoms with E-state index in [2.05, 4.69) is 0 Å². The summed E-state index contributed by atoms with van der Waals surface area (Å²) in [6.07, 6.45) is -0.832. The maximum atomic E-state index is 12.9. The molecule has 5 nitrogen and oxygen atoms in total. The largest absolute Gasteiger partial charge is 1.00 e. The maximum absolute atomic E-state index is 12.9. The first-order chi connectivity index (χ1) is 12.8. The van der Waals surface area contributed by atoms with Crippen LogP contribution in [0.15, 0.2) is 36.4 Å². The van der Waals surface area contributed by atoms with Crippen molar-refractivity contribution in [1.82, 2.24) is 0 Å². The molecule has 0 heterocycles. The average molecular weight is 398 g/mol. The summed E-state index contributed by atoms with van der Waals surface area (Å²) >= 11 is 0. The monoisotopic (exact) mass is 398 g/mol. The van der Waals surface area contributed by atoms with Crippen LogP contribution in [0.4, 0.5) is 0 Å². The van der Waals surface area contributed by atoms with Crippen molar-refractivity contribution in [1.29, 1.82) is 0 Å². The minimum absolute atomic E-state index is 0. The molecule has 0 saturated heterocycles. The predicted octanol–water partition coefficient (Wildman–Crippen LogP) is 1.31. The van der Waals surface area contributed by atoms with Gasteiger partial charge in [0.15, 0.2) is 18.1 Å². The number of carbonyl (C=O) groups is 1. The van der Waals surface area contributed by atoms with Crippen LogP contribution in [0.5, 0.6) is 11.5 Å². The van der Waals surface area contributed by atoms with E-state index in [9.17, 15) is 4.79 Å². The number of benzene rings is 2. The second-order valence-electron chi connectivity index (χ2n) is 6.22. The van der Waals surface area contributed by atoms with Crippen LogP contribution in [0.1, 0.15) is 36.8 Å². The van der Waals surface area contributed by atoms with Gasteiger partial charge in [-0.2, -0.15) is 0 Å². The van der Waals surface area contributed by atoms with Gasteiger partial charge in [-0.15, -0.1) is 0 Å². The summed E-state index contributed by atoms with van der Waals surface area (Å²) in [4.78, 5) is 12.9. The molecule has 2 aromatic rings. The molecule has 0 aliphatic carbocycles. The van der Waals surface area contributed by atoms with E-state index in [-0.39, 0.29) is 40.7 Å². The number of ether oxygens (including phenoxy) is 4. The molecule has 0 saturated carbocycles.